The van der Waals surface area contributed by atoms with Crippen LogP contribution in [0.15, 0.2) is 24.3 Å². The lowest BCUT2D eigenvalue weighted by molar-refractivity contribution is -0.141. The first-order chi connectivity index (χ1) is 10.2. The fourth-order valence-corrected chi connectivity index (χ4v) is 3.42. The summed E-state index contributed by atoms with van der Waals surface area (Å²) in [5, 5.41) is -0.0671. The Morgan fingerprint density at radius 2 is 2.29 bits per heavy atom. The largest absolute Gasteiger partial charge is 0.494 e. The second-order valence-electron chi connectivity index (χ2n) is 4.58. The third-order valence-corrected chi connectivity index (χ3v) is 4.46. The van der Waals surface area contributed by atoms with Gasteiger partial charge in [-0.25, -0.2) is 0 Å². The molecule has 114 valence electrons. The summed E-state index contributed by atoms with van der Waals surface area (Å²) in [6.45, 7) is 2.91. The number of hydrogen-bond acceptors (Lipinski definition) is 5. The molecule has 1 saturated heterocycles. The standard InChI is InChI=1S/C15H19NO4S/c1-3-20-12-6-4-5-11(9-12)15-16(13(17)10-21-15)8-7-14(18)19-2/h4-6,9,15H,3,7-8,10H2,1-2H3. The highest BCUT2D eigenvalue weighted by atomic mass is 32.2. The highest BCUT2D eigenvalue weighted by Crippen LogP contribution is 2.39. The van der Waals surface area contributed by atoms with Crippen molar-refractivity contribution in [2.24, 2.45) is 0 Å². The van der Waals surface area contributed by atoms with Gasteiger partial charge < -0.3 is 14.4 Å². The number of ether oxygens (including phenoxy) is 2. The van der Waals surface area contributed by atoms with Crippen LogP contribution in [0.4, 0.5) is 0 Å². The molecule has 0 aromatic heterocycles. The van der Waals surface area contributed by atoms with Gasteiger partial charge in [0.1, 0.15) is 11.1 Å². The Kier molecular flexibility index (Phi) is 5.50. The molecular weight excluding hydrogens is 290 g/mol. The third kappa shape index (κ3) is 3.91. The van der Waals surface area contributed by atoms with Gasteiger partial charge in [0, 0.05) is 6.54 Å². The molecule has 0 radical (unpaired) electrons. The number of thioether (sulfide) groups is 1. The first-order valence-corrected chi connectivity index (χ1v) is 7.91. The van der Waals surface area contributed by atoms with E-state index in [9.17, 15) is 9.59 Å². The number of carbonyl (C=O) groups is 2. The van der Waals surface area contributed by atoms with Crippen molar-refractivity contribution in [1.82, 2.24) is 4.90 Å². The smallest absolute Gasteiger partial charge is 0.307 e. The first kappa shape index (κ1) is 15.7. The lowest BCUT2D eigenvalue weighted by atomic mass is 10.2. The number of benzene rings is 1. The van der Waals surface area contributed by atoms with Crippen molar-refractivity contribution in [3.63, 3.8) is 0 Å². The Hall–Kier alpha value is -1.69. The Bertz CT molecular complexity index is 520. The summed E-state index contributed by atoms with van der Waals surface area (Å²) in [5.41, 5.74) is 1.02. The van der Waals surface area contributed by atoms with Crippen molar-refractivity contribution in [3.8, 4) is 5.75 Å². The van der Waals surface area contributed by atoms with E-state index in [4.69, 9.17) is 4.74 Å². The summed E-state index contributed by atoms with van der Waals surface area (Å²) in [6.07, 6.45) is 0.213. The number of hydrogen-bond donors (Lipinski definition) is 0. The summed E-state index contributed by atoms with van der Waals surface area (Å²) < 4.78 is 10.1. The van der Waals surface area contributed by atoms with E-state index in [1.54, 1.807) is 16.7 Å². The minimum atomic E-state index is -0.304. The lowest BCUT2D eigenvalue weighted by Crippen LogP contribution is -2.30. The highest BCUT2D eigenvalue weighted by Gasteiger charge is 2.33. The maximum Gasteiger partial charge on any atom is 0.307 e. The van der Waals surface area contributed by atoms with Gasteiger partial charge in [-0.15, -0.1) is 11.8 Å². The van der Waals surface area contributed by atoms with Crippen molar-refractivity contribution in [3.05, 3.63) is 29.8 Å². The van der Waals surface area contributed by atoms with E-state index in [-0.39, 0.29) is 23.7 Å². The van der Waals surface area contributed by atoms with Crippen molar-refractivity contribution < 1.29 is 19.1 Å². The molecule has 1 aliphatic heterocycles. The van der Waals surface area contributed by atoms with Gasteiger partial charge in [-0.3, -0.25) is 9.59 Å². The maximum absolute atomic E-state index is 12.0. The Balaban J connectivity index is 2.11. The molecule has 5 nitrogen and oxygen atoms in total. The molecule has 1 aromatic rings. The quantitative estimate of drug-likeness (QED) is 0.754. The number of esters is 1. The number of amides is 1. The zero-order valence-electron chi connectivity index (χ0n) is 12.2. The van der Waals surface area contributed by atoms with Crippen LogP contribution in [0.2, 0.25) is 0 Å². The third-order valence-electron chi connectivity index (χ3n) is 3.21. The number of rotatable bonds is 6. The van der Waals surface area contributed by atoms with E-state index < -0.39 is 0 Å². The first-order valence-electron chi connectivity index (χ1n) is 6.86. The summed E-state index contributed by atoms with van der Waals surface area (Å²) in [6, 6.07) is 7.74. The van der Waals surface area contributed by atoms with Crippen molar-refractivity contribution in [1.29, 1.82) is 0 Å². The van der Waals surface area contributed by atoms with Crippen molar-refractivity contribution in [2.75, 3.05) is 26.0 Å². The average molecular weight is 309 g/mol. The van der Waals surface area contributed by atoms with E-state index in [2.05, 4.69) is 4.74 Å². The molecule has 1 fully saturated rings. The van der Waals surface area contributed by atoms with Crippen LogP contribution in [-0.4, -0.2) is 42.8 Å². The fourth-order valence-electron chi connectivity index (χ4n) is 2.21. The maximum atomic E-state index is 12.0. The number of carbonyl (C=O) groups excluding carboxylic acids is 2. The van der Waals surface area contributed by atoms with Gasteiger partial charge in [-0.1, -0.05) is 12.1 Å². The van der Waals surface area contributed by atoms with Crippen LogP contribution < -0.4 is 4.74 Å². The van der Waals surface area contributed by atoms with Crippen molar-refractivity contribution >= 4 is 23.6 Å². The number of methoxy groups -OCH3 is 1. The van der Waals surface area contributed by atoms with Gasteiger partial charge in [0.05, 0.1) is 25.9 Å². The second-order valence-corrected chi connectivity index (χ2v) is 5.65. The van der Waals surface area contributed by atoms with Crippen LogP contribution in [0, 0.1) is 0 Å². The van der Waals surface area contributed by atoms with E-state index in [0.29, 0.717) is 18.9 Å². The van der Waals surface area contributed by atoms with E-state index in [0.717, 1.165) is 11.3 Å². The molecule has 1 atom stereocenters. The Morgan fingerprint density at radius 3 is 3.00 bits per heavy atom. The Labute approximate surface area is 128 Å². The molecule has 1 unspecified atom stereocenters. The minimum absolute atomic E-state index is 0.0516. The normalized spacial score (nSPS) is 17.9. The lowest BCUT2D eigenvalue weighted by Gasteiger charge is -2.24. The predicted molar refractivity (Wildman–Crippen MR) is 81.2 cm³/mol. The predicted octanol–water partition coefficient (Wildman–Crippen LogP) is 2.22. The van der Waals surface area contributed by atoms with Crippen molar-refractivity contribution in [2.45, 2.75) is 18.7 Å². The van der Waals surface area contributed by atoms with Gasteiger partial charge in [0.25, 0.3) is 0 Å². The molecular formula is C15H19NO4S. The molecule has 0 saturated carbocycles. The van der Waals surface area contributed by atoms with Crippen LogP contribution in [0.25, 0.3) is 0 Å². The molecule has 1 heterocycles. The van der Waals surface area contributed by atoms with Crippen LogP contribution in [0.1, 0.15) is 24.3 Å². The van der Waals surface area contributed by atoms with Crippen LogP contribution >= 0.6 is 11.8 Å². The van der Waals surface area contributed by atoms with Gasteiger partial charge >= 0.3 is 5.97 Å². The van der Waals surface area contributed by atoms with Gasteiger partial charge in [0.2, 0.25) is 5.91 Å². The fraction of sp³-hybridized carbons (Fsp3) is 0.467. The molecule has 0 N–H and O–H groups in total. The molecule has 1 aromatic carbocycles. The zero-order valence-corrected chi connectivity index (χ0v) is 13.0. The summed E-state index contributed by atoms with van der Waals surface area (Å²) in [4.78, 5) is 25.0. The zero-order chi connectivity index (χ0) is 15.2. The van der Waals surface area contributed by atoms with Gasteiger partial charge in [-0.05, 0) is 24.6 Å². The summed E-state index contributed by atoms with van der Waals surface area (Å²) in [5.74, 6) is 0.977. The van der Waals surface area contributed by atoms with E-state index >= 15 is 0 Å². The molecule has 1 aliphatic rings. The second kappa shape index (κ2) is 7.36. The summed E-state index contributed by atoms with van der Waals surface area (Å²) in [7, 11) is 1.35. The topological polar surface area (TPSA) is 55.8 Å². The highest BCUT2D eigenvalue weighted by molar-refractivity contribution is 8.00. The van der Waals surface area contributed by atoms with Crippen LogP contribution in [0.5, 0.6) is 5.75 Å². The van der Waals surface area contributed by atoms with Crippen LogP contribution in [-0.2, 0) is 14.3 Å². The molecule has 6 heteroatoms. The van der Waals surface area contributed by atoms with E-state index in [1.165, 1.54) is 7.11 Å². The minimum Gasteiger partial charge on any atom is -0.494 e. The molecule has 2 rings (SSSR count). The van der Waals surface area contributed by atoms with Gasteiger partial charge in [-0.2, -0.15) is 0 Å². The molecule has 1 amide bonds. The SMILES string of the molecule is CCOc1cccc(C2SCC(=O)N2CCC(=O)OC)c1. The Morgan fingerprint density at radius 1 is 1.48 bits per heavy atom. The molecule has 0 aliphatic carbocycles. The molecule has 0 spiro atoms. The van der Waals surface area contributed by atoms with E-state index in [1.807, 2.05) is 31.2 Å². The molecule has 21 heavy (non-hydrogen) atoms. The summed E-state index contributed by atoms with van der Waals surface area (Å²) >= 11 is 1.57. The van der Waals surface area contributed by atoms with Gasteiger partial charge in [0.15, 0.2) is 0 Å². The number of nitrogens with zero attached hydrogens (tertiary/aromatic N) is 1. The molecule has 0 bridgehead atoms. The average Bonchev–Trinajstić information content (AvgIpc) is 2.86. The monoisotopic (exact) mass is 309 g/mol. The van der Waals surface area contributed by atoms with Crippen LogP contribution in [0.3, 0.4) is 0 Å².